The first-order valence-corrected chi connectivity index (χ1v) is 8.93. The van der Waals surface area contributed by atoms with Crippen LogP contribution in [-0.2, 0) is 19.1 Å². The van der Waals surface area contributed by atoms with Crippen molar-refractivity contribution in [3.63, 3.8) is 0 Å². The fourth-order valence-corrected chi connectivity index (χ4v) is 2.87. The molecule has 0 saturated carbocycles. The van der Waals surface area contributed by atoms with E-state index < -0.39 is 5.97 Å². The molecule has 0 radical (unpaired) electrons. The zero-order valence-electron chi connectivity index (χ0n) is 14.9. The summed E-state index contributed by atoms with van der Waals surface area (Å²) in [5, 5.41) is 7.13. The van der Waals surface area contributed by atoms with E-state index >= 15 is 0 Å². The zero-order valence-corrected chi connectivity index (χ0v) is 14.9. The van der Waals surface area contributed by atoms with Crippen LogP contribution in [0, 0.1) is 0 Å². The minimum Gasteiger partial charge on any atom is -0.454 e. The molecule has 0 spiro atoms. The van der Waals surface area contributed by atoms with Gasteiger partial charge in [0.15, 0.2) is 6.61 Å². The normalized spacial score (nSPS) is 16.1. The summed E-state index contributed by atoms with van der Waals surface area (Å²) in [7, 11) is 0. The van der Waals surface area contributed by atoms with Gasteiger partial charge >= 0.3 is 5.97 Å². The summed E-state index contributed by atoms with van der Waals surface area (Å²) in [5.74, 6) is -1.43. The van der Waals surface area contributed by atoms with Crippen LogP contribution >= 0.6 is 0 Å². The summed E-state index contributed by atoms with van der Waals surface area (Å²) < 4.78 is 10.3. The van der Waals surface area contributed by atoms with Crippen LogP contribution in [0.15, 0.2) is 42.5 Å². The molecule has 0 unspecified atom stereocenters. The number of hydrogen-bond donors (Lipinski definition) is 2. The number of fused-ring (bicyclic) bond motifs is 1. The number of ether oxygens (including phenoxy) is 2. The highest BCUT2D eigenvalue weighted by Gasteiger charge is 2.17. The monoisotopic (exact) mass is 370 g/mol. The highest BCUT2D eigenvalue weighted by atomic mass is 16.5. The lowest BCUT2D eigenvalue weighted by atomic mass is 10.1. The second-order valence-corrected chi connectivity index (χ2v) is 6.34. The van der Waals surface area contributed by atoms with Gasteiger partial charge in [0.25, 0.3) is 11.8 Å². The lowest BCUT2D eigenvalue weighted by Crippen LogP contribution is -2.36. The smallest absolute Gasteiger partial charge is 0.325 e. The number of benzene rings is 2. The van der Waals surface area contributed by atoms with Gasteiger partial charge in [0.05, 0.1) is 6.10 Å². The van der Waals surface area contributed by atoms with Crippen molar-refractivity contribution in [3.8, 4) is 0 Å². The standard InChI is InChI=1S/C20H22N2O5/c23-18(21-11-17-6-3-9-26-17)13-27-19(24)12-22-20(25)16-8-7-14-4-1-2-5-15(14)10-16/h1-2,4-5,7-8,10,17H,3,6,9,11-13H2,(H,21,23)(H,22,25)/t17-/m1/s1. The first kappa shape index (κ1) is 18.8. The Balaban J connectivity index is 1.38. The minimum atomic E-state index is -0.670. The molecular formula is C20H22N2O5. The van der Waals surface area contributed by atoms with Gasteiger partial charge in [-0.15, -0.1) is 0 Å². The summed E-state index contributed by atoms with van der Waals surface area (Å²) in [5.41, 5.74) is 0.454. The zero-order chi connectivity index (χ0) is 19.1. The average molecular weight is 370 g/mol. The molecule has 1 fully saturated rings. The SMILES string of the molecule is O=C(COC(=O)CNC(=O)c1ccc2ccccc2c1)NC[C@H]1CCCO1. The number of hydrogen-bond acceptors (Lipinski definition) is 5. The number of carbonyl (C=O) groups excluding carboxylic acids is 3. The molecule has 2 N–H and O–H groups in total. The number of nitrogens with one attached hydrogen (secondary N) is 2. The molecule has 7 heteroatoms. The lowest BCUT2D eigenvalue weighted by molar-refractivity contribution is -0.147. The fourth-order valence-electron chi connectivity index (χ4n) is 2.87. The third kappa shape index (κ3) is 5.52. The van der Waals surface area contributed by atoms with E-state index in [4.69, 9.17) is 9.47 Å². The summed E-state index contributed by atoms with van der Waals surface area (Å²) in [4.78, 5) is 35.5. The van der Waals surface area contributed by atoms with Crippen molar-refractivity contribution in [1.29, 1.82) is 0 Å². The molecule has 1 aliphatic rings. The van der Waals surface area contributed by atoms with E-state index in [1.165, 1.54) is 0 Å². The van der Waals surface area contributed by atoms with Crippen LogP contribution in [-0.4, -0.2) is 50.2 Å². The highest BCUT2D eigenvalue weighted by molar-refractivity contribution is 5.99. The number of carbonyl (C=O) groups is 3. The van der Waals surface area contributed by atoms with Crippen LogP contribution in [0.1, 0.15) is 23.2 Å². The van der Waals surface area contributed by atoms with Crippen molar-refractivity contribution in [1.82, 2.24) is 10.6 Å². The summed E-state index contributed by atoms with van der Waals surface area (Å²) in [6.07, 6.45) is 1.94. The largest absolute Gasteiger partial charge is 0.454 e. The van der Waals surface area contributed by atoms with Crippen LogP contribution in [0.2, 0.25) is 0 Å². The van der Waals surface area contributed by atoms with E-state index in [9.17, 15) is 14.4 Å². The van der Waals surface area contributed by atoms with Crippen LogP contribution in [0.5, 0.6) is 0 Å². The van der Waals surface area contributed by atoms with Gasteiger partial charge in [-0.3, -0.25) is 14.4 Å². The van der Waals surface area contributed by atoms with Crippen molar-refractivity contribution in [2.45, 2.75) is 18.9 Å². The third-order valence-corrected chi connectivity index (χ3v) is 4.32. The molecular weight excluding hydrogens is 348 g/mol. The van der Waals surface area contributed by atoms with Crippen LogP contribution in [0.3, 0.4) is 0 Å². The quantitative estimate of drug-likeness (QED) is 0.719. The Bertz CT molecular complexity index is 830. The molecule has 3 rings (SSSR count). The van der Waals surface area contributed by atoms with Gasteiger partial charge in [-0.2, -0.15) is 0 Å². The summed E-state index contributed by atoms with van der Waals surface area (Å²) in [6, 6.07) is 13.0. The molecule has 2 aromatic carbocycles. The minimum absolute atomic E-state index is 0.0332. The molecule has 1 saturated heterocycles. The van der Waals surface area contributed by atoms with Gasteiger partial charge in [-0.25, -0.2) is 0 Å². The Hall–Kier alpha value is -2.93. The number of esters is 1. The number of amides is 2. The van der Waals surface area contributed by atoms with Gasteiger partial charge in [-0.05, 0) is 35.7 Å². The van der Waals surface area contributed by atoms with E-state index in [2.05, 4.69) is 10.6 Å². The first-order chi connectivity index (χ1) is 13.1. The predicted molar refractivity (Wildman–Crippen MR) is 99.2 cm³/mol. The van der Waals surface area contributed by atoms with Gasteiger partial charge in [0, 0.05) is 18.7 Å². The Kier molecular flexibility index (Phi) is 6.38. The lowest BCUT2D eigenvalue weighted by Gasteiger charge is -2.11. The van der Waals surface area contributed by atoms with Crippen LogP contribution in [0.4, 0.5) is 0 Å². The maximum atomic E-state index is 12.2. The van der Waals surface area contributed by atoms with Gasteiger partial charge < -0.3 is 20.1 Å². The Morgan fingerprint density at radius 3 is 2.67 bits per heavy atom. The molecule has 7 nitrogen and oxygen atoms in total. The topological polar surface area (TPSA) is 93.7 Å². The van der Waals surface area contributed by atoms with E-state index in [0.29, 0.717) is 18.7 Å². The van der Waals surface area contributed by atoms with E-state index in [1.807, 2.05) is 30.3 Å². The van der Waals surface area contributed by atoms with Crippen molar-refractivity contribution >= 4 is 28.6 Å². The molecule has 1 aliphatic heterocycles. The van der Waals surface area contributed by atoms with Gasteiger partial charge in [0.1, 0.15) is 6.54 Å². The second kappa shape index (κ2) is 9.14. The summed E-state index contributed by atoms with van der Waals surface area (Å²) >= 11 is 0. The molecule has 1 heterocycles. The van der Waals surface area contributed by atoms with Gasteiger partial charge in [0.2, 0.25) is 0 Å². The van der Waals surface area contributed by atoms with Crippen LogP contribution in [0.25, 0.3) is 10.8 Å². The van der Waals surface area contributed by atoms with Crippen LogP contribution < -0.4 is 10.6 Å². The van der Waals surface area contributed by atoms with Crippen molar-refractivity contribution in [2.75, 3.05) is 26.3 Å². The molecule has 0 aliphatic carbocycles. The highest BCUT2D eigenvalue weighted by Crippen LogP contribution is 2.15. The van der Waals surface area contributed by atoms with E-state index in [0.717, 1.165) is 23.6 Å². The number of rotatable bonds is 7. The molecule has 27 heavy (non-hydrogen) atoms. The van der Waals surface area contributed by atoms with Crippen molar-refractivity contribution in [3.05, 3.63) is 48.0 Å². The average Bonchev–Trinajstić information content (AvgIpc) is 3.22. The van der Waals surface area contributed by atoms with Crippen molar-refractivity contribution < 1.29 is 23.9 Å². The van der Waals surface area contributed by atoms with Crippen molar-refractivity contribution in [2.24, 2.45) is 0 Å². The van der Waals surface area contributed by atoms with Gasteiger partial charge in [-0.1, -0.05) is 30.3 Å². The Morgan fingerprint density at radius 2 is 1.89 bits per heavy atom. The summed E-state index contributed by atoms with van der Waals surface area (Å²) in [6.45, 7) is 0.448. The Morgan fingerprint density at radius 1 is 1.07 bits per heavy atom. The molecule has 2 amide bonds. The first-order valence-electron chi connectivity index (χ1n) is 8.93. The van der Waals surface area contributed by atoms with E-state index in [1.54, 1.807) is 12.1 Å². The maximum absolute atomic E-state index is 12.2. The molecule has 2 aromatic rings. The molecule has 0 bridgehead atoms. The Labute approximate surface area is 157 Å². The maximum Gasteiger partial charge on any atom is 0.325 e. The molecule has 0 aromatic heterocycles. The molecule has 142 valence electrons. The molecule has 1 atom stereocenters. The predicted octanol–water partition coefficient (Wildman–Crippen LogP) is 1.41. The van der Waals surface area contributed by atoms with E-state index in [-0.39, 0.29) is 31.1 Å². The second-order valence-electron chi connectivity index (χ2n) is 6.34. The fraction of sp³-hybridized carbons (Fsp3) is 0.350. The third-order valence-electron chi connectivity index (χ3n) is 4.32.